The van der Waals surface area contributed by atoms with Crippen molar-refractivity contribution in [1.29, 1.82) is 0 Å². The number of hydrogen-bond acceptors (Lipinski definition) is 1. The molecule has 0 aliphatic carbocycles. The summed E-state index contributed by atoms with van der Waals surface area (Å²) in [5.41, 5.74) is 0.851. The van der Waals surface area contributed by atoms with Crippen LogP contribution in [-0.2, 0) is 0 Å². The Labute approximate surface area is 182 Å². The zero-order chi connectivity index (χ0) is 22.7. The van der Waals surface area contributed by atoms with E-state index in [1.165, 1.54) is 6.07 Å². The molecule has 0 fully saturated rings. The molecular formula is C27H14F4O. The Morgan fingerprint density at radius 2 is 1.09 bits per heavy atom. The van der Waals surface area contributed by atoms with E-state index in [9.17, 15) is 17.6 Å². The van der Waals surface area contributed by atoms with Gasteiger partial charge in [0.15, 0.2) is 11.6 Å². The minimum absolute atomic E-state index is 0.171. The fourth-order valence-corrected chi connectivity index (χ4v) is 3.04. The van der Waals surface area contributed by atoms with Crippen molar-refractivity contribution in [1.82, 2.24) is 0 Å². The van der Waals surface area contributed by atoms with Crippen LogP contribution in [-0.4, -0.2) is 7.11 Å². The van der Waals surface area contributed by atoms with Gasteiger partial charge in [0.25, 0.3) is 0 Å². The maximum absolute atomic E-state index is 14.5. The van der Waals surface area contributed by atoms with Gasteiger partial charge in [-0.1, -0.05) is 29.7 Å². The van der Waals surface area contributed by atoms with Gasteiger partial charge in [-0.05, 0) is 71.4 Å². The number of fused-ring (bicyclic) bond motifs is 1. The van der Waals surface area contributed by atoms with Crippen LogP contribution >= 0.6 is 0 Å². The lowest BCUT2D eigenvalue weighted by Gasteiger charge is -2.01. The van der Waals surface area contributed by atoms with Crippen LogP contribution in [0.15, 0.2) is 66.7 Å². The molecule has 0 aromatic heterocycles. The second kappa shape index (κ2) is 8.88. The van der Waals surface area contributed by atoms with Crippen LogP contribution in [0.4, 0.5) is 17.6 Å². The first-order valence-corrected chi connectivity index (χ1v) is 9.49. The van der Waals surface area contributed by atoms with Crippen molar-refractivity contribution in [3.63, 3.8) is 0 Å². The maximum atomic E-state index is 14.5. The number of rotatable bonds is 1. The first kappa shape index (κ1) is 21.0. The highest BCUT2D eigenvalue weighted by molar-refractivity contribution is 5.84. The number of hydrogen-bond donors (Lipinski definition) is 0. The number of benzene rings is 4. The average molecular weight is 430 g/mol. The number of halogens is 4. The molecule has 0 amide bonds. The third-order valence-corrected chi connectivity index (χ3v) is 4.69. The summed E-state index contributed by atoms with van der Waals surface area (Å²) in [6.45, 7) is 0. The summed E-state index contributed by atoms with van der Waals surface area (Å²) in [5.74, 6) is 7.76. The summed E-state index contributed by atoms with van der Waals surface area (Å²) >= 11 is 0. The molecule has 4 rings (SSSR count). The highest BCUT2D eigenvalue weighted by atomic mass is 19.2. The van der Waals surface area contributed by atoms with Crippen LogP contribution in [0.1, 0.15) is 22.3 Å². The number of methoxy groups -OCH3 is 1. The van der Waals surface area contributed by atoms with E-state index in [0.717, 1.165) is 24.3 Å². The topological polar surface area (TPSA) is 9.23 Å². The lowest BCUT2D eigenvalue weighted by atomic mass is 10.1. The Hall–Kier alpha value is -4.22. The molecule has 0 atom stereocenters. The molecule has 156 valence electrons. The van der Waals surface area contributed by atoms with Gasteiger partial charge in [0, 0.05) is 16.7 Å². The third kappa shape index (κ3) is 4.58. The predicted molar refractivity (Wildman–Crippen MR) is 115 cm³/mol. The minimum atomic E-state index is -0.981. The molecule has 0 radical (unpaired) electrons. The van der Waals surface area contributed by atoms with E-state index in [1.807, 2.05) is 0 Å². The SMILES string of the molecule is COc1ccc(C#Cc2cc(F)c(C#Cc3ccc4cc(F)c(F)cc4c3)c(F)c2)cc1. The van der Waals surface area contributed by atoms with Gasteiger partial charge in [-0.3, -0.25) is 0 Å². The van der Waals surface area contributed by atoms with Crippen molar-refractivity contribution in [3.05, 3.63) is 112 Å². The first-order valence-electron chi connectivity index (χ1n) is 9.49. The Kier molecular flexibility index (Phi) is 5.83. The zero-order valence-corrected chi connectivity index (χ0v) is 16.8. The lowest BCUT2D eigenvalue weighted by molar-refractivity contribution is 0.415. The summed E-state index contributed by atoms with van der Waals surface area (Å²) in [5, 5.41) is 0.924. The Bertz CT molecular complexity index is 1430. The monoisotopic (exact) mass is 430 g/mol. The molecule has 0 saturated heterocycles. The van der Waals surface area contributed by atoms with Gasteiger partial charge in [-0.15, -0.1) is 0 Å². The molecule has 4 aromatic carbocycles. The molecule has 0 aliphatic heterocycles. The highest BCUT2D eigenvalue weighted by Gasteiger charge is 2.09. The quantitative estimate of drug-likeness (QED) is 0.258. The summed E-state index contributed by atoms with van der Waals surface area (Å²) in [6.07, 6.45) is 0. The molecule has 0 aliphatic rings. The van der Waals surface area contributed by atoms with E-state index in [1.54, 1.807) is 43.5 Å². The molecule has 0 saturated carbocycles. The van der Waals surface area contributed by atoms with E-state index >= 15 is 0 Å². The molecular weight excluding hydrogens is 416 g/mol. The van der Waals surface area contributed by atoms with Gasteiger partial charge in [-0.25, -0.2) is 17.6 Å². The number of ether oxygens (including phenoxy) is 1. The summed E-state index contributed by atoms with van der Waals surface area (Å²) in [6, 6.07) is 16.0. The van der Waals surface area contributed by atoms with Crippen molar-refractivity contribution < 1.29 is 22.3 Å². The van der Waals surface area contributed by atoms with E-state index in [2.05, 4.69) is 23.7 Å². The predicted octanol–water partition coefficient (Wildman–Crippen LogP) is 6.20. The van der Waals surface area contributed by atoms with Crippen molar-refractivity contribution >= 4 is 10.8 Å². The van der Waals surface area contributed by atoms with Crippen LogP contribution < -0.4 is 4.74 Å². The molecule has 32 heavy (non-hydrogen) atoms. The highest BCUT2D eigenvalue weighted by Crippen LogP contribution is 2.20. The van der Waals surface area contributed by atoms with Crippen LogP contribution in [0.5, 0.6) is 5.75 Å². The fraction of sp³-hybridized carbons (Fsp3) is 0.0370. The summed E-state index contributed by atoms with van der Waals surface area (Å²) < 4.78 is 60.8. The second-order valence-corrected chi connectivity index (χ2v) is 6.87. The smallest absolute Gasteiger partial charge is 0.159 e. The van der Waals surface area contributed by atoms with E-state index in [-0.39, 0.29) is 5.56 Å². The Balaban J connectivity index is 1.61. The molecule has 0 bridgehead atoms. The van der Waals surface area contributed by atoms with Crippen LogP contribution in [0.3, 0.4) is 0 Å². The normalized spacial score (nSPS) is 10.2. The maximum Gasteiger partial charge on any atom is 0.159 e. The van der Waals surface area contributed by atoms with E-state index in [4.69, 9.17) is 4.74 Å². The Morgan fingerprint density at radius 3 is 1.75 bits per heavy atom. The lowest BCUT2D eigenvalue weighted by Crippen LogP contribution is -1.92. The van der Waals surface area contributed by atoms with Gasteiger partial charge in [-0.2, -0.15) is 0 Å². The molecule has 0 heterocycles. The zero-order valence-electron chi connectivity index (χ0n) is 16.8. The van der Waals surface area contributed by atoms with Gasteiger partial charge in [0.2, 0.25) is 0 Å². The molecule has 0 unspecified atom stereocenters. The first-order chi connectivity index (χ1) is 15.4. The van der Waals surface area contributed by atoms with Crippen molar-refractivity contribution in [2.45, 2.75) is 0 Å². The molecule has 5 heteroatoms. The summed E-state index contributed by atoms with van der Waals surface area (Å²) in [4.78, 5) is 0. The molecule has 1 nitrogen and oxygen atoms in total. The van der Waals surface area contributed by atoms with Crippen LogP contribution in [0.2, 0.25) is 0 Å². The largest absolute Gasteiger partial charge is 0.497 e. The van der Waals surface area contributed by atoms with Crippen molar-refractivity contribution in [3.8, 4) is 29.4 Å². The van der Waals surface area contributed by atoms with Gasteiger partial charge in [0.1, 0.15) is 17.4 Å². The fourth-order valence-electron chi connectivity index (χ4n) is 3.04. The molecule has 0 spiro atoms. The van der Waals surface area contributed by atoms with E-state index < -0.39 is 28.8 Å². The van der Waals surface area contributed by atoms with E-state index in [0.29, 0.717) is 27.6 Å². The minimum Gasteiger partial charge on any atom is -0.497 e. The molecule has 0 N–H and O–H groups in total. The second-order valence-electron chi connectivity index (χ2n) is 6.87. The van der Waals surface area contributed by atoms with Gasteiger partial charge >= 0.3 is 0 Å². The van der Waals surface area contributed by atoms with Crippen LogP contribution in [0, 0.1) is 47.0 Å². The van der Waals surface area contributed by atoms with Gasteiger partial charge in [0.05, 0.1) is 12.7 Å². The van der Waals surface area contributed by atoms with Gasteiger partial charge < -0.3 is 4.74 Å². The summed E-state index contributed by atoms with van der Waals surface area (Å²) in [7, 11) is 1.55. The van der Waals surface area contributed by atoms with Crippen molar-refractivity contribution in [2.24, 2.45) is 0 Å². The average Bonchev–Trinajstić information content (AvgIpc) is 2.78. The van der Waals surface area contributed by atoms with Crippen LogP contribution in [0.25, 0.3) is 10.8 Å². The third-order valence-electron chi connectivity index (χ3n) is 4.69. The Morgan fingerprint density at radius 1 is 0.531 bits per heavy atom. The molecule has 4 aromatic rings. The van der Waals surface area contributed by atoms with Crippen molar-refractivity contribution in [2.75, 3.05) is 7.11 Å². The standard InChI is InChI=1S/C27H14F4O/c1-32-22-9-5-17(6-10-22)2-3-19-13-24(28)23(25(29)14-19)11-7-18-4-8-20-15-26(30)27(31)16-21(20)12-18/h4-6,8-10,12-16H,1H3.